The van der Waals surface area contributed by atoms with E-state index in [4.69, 9.17) is 4.74 Å². The van der Waals surface area contributed by atoms with Gasteiger partial charge in [-0.15, -0.1) is 5.10 Å². The maximum absolute atomic E-state index is 14.6. The van der Waals surface area contributed by atoms with Crippen molar-refractivity contribution >= 4 is 28.3 Å². The summed E-state index contributed by atoms with van der Waals surface area (Å²) in [5, 5.41) is 7.57. The maximum atomic E-state index is 14.6. The van der Waals surface area contributed by atoms with E-state index in [1.165, 1.54) is 11.0 Å². The molecule has 2 fully saturated rings. The van der Waals surface area contributed by atoms with Gasteiger partial charge >= 0.3 is 6.09 Å². The van der Waals surface area contributed by atoms with Gasteiger partial charge in [0.2, 0.25) is 0 Å². The largest absolute Gasteiger partial charge is 0.442 e. The van der Waals surface area contributed by atoms with Crippen LogP contribution in [0.1, 0.15) is 0 Å². The fraction of sp³-hybridized carbons (Fsp3) is 0.438. The summed E-state index contributed by atoms with van der Waals surface area (Å²) >= 11 is 0. The van der Waals surface area contributed by atoms with Gasteiger partial charge in [0, 0.05) is 41.6 Å². The van der Waals surface area contributed by atoms with Gasteiger partial charge in [0.1, 0.15) is 11.9 Å². The Bertz CT molecular complexity index is 821. The van der Waals surface area contributed by atoms with Crippen LogP contribution in [0.4, 0.5) is 20.6 Å². The zero-order valence-electron chi connectivity index (χ0n) is 14.0. The molecule has 2 aliphatic heterocycles. The molecule has 0 radical (unpaired) electrons. The highest BCUT2D eigenvalue weighted by Gasteiger charge is 2.33. The van der Waals surface area contributed by atoms with Gasteiger partial charge in [-0.2, -0.15) is 0 Å². The number of hydrogen-bond acceptors (Lipinski definition) is 6. The summed E-state index contributed by atoms with van der Waals surface area (Å²) in [5.74, 6) is 0.690. The van der Waals surface area contributed by atoms with E-state index in [0.29, 0.717) is 49.1 Å². The second kappa shape index (κ2) is 7.02. The molecule has 1 aromatic heterocycles. The number of anilines is 2. The lowest BCUT2D eigenvalue weighted by atomic mass is 10.2. The molecular weight excluding hydrogens is 361 g/mol. The van der Waals surface area contributed by atoms with E-state index < -0.39 is 22.7 Å². The predicted molar refractivity (Wildman–Crippen MR) is 94.1 cm³/mol. The number of halogens is 1. The molecule has 0 saturated carbocycles. The van der Waals surface area contributed by atoms with Crippen LogP contribution in [-0.2, 0) is 22.1 Å². The summed E-state index contributed by atoms with van der Waals surface area (Å²) in [6.07, 6.45) is 2.37. The van der Waals surface area contributed by atoms with Gasteiger partial charge in [-0.3, -0.25) is 9.11 Å². The lowest BCUT2D eigenvalue weighted by Crippen LogP contribution is -2.38. The molecule has 1 amide bonds. The average Bonchev–Trinajstić information content (AvgIpc) is 3.26. The van der Waals surface area contributed by atoms with Crippen molar-refractivity contribution in [3.05, 3.63) is 36.4 Å². The molecule has 1 aromatic carbocycles. The van der Waals surface area contributed by atoms with Gasteiger partial charge in [0.15, 0.2) is 0 Å². The number of rotatable bonds is 4. The third-order valence-electron chi connectivity index (χ3n) is 4.50. The predicted octanol–water partition coefficient (Wildman–Crippen LogP) is 1.01. The fourth-order valence-corrected chi connectivity index (χ4v) is 4.22. The minimum atomic E-state index is -0.815. The monoisotopic (exact) mass is 379 g/mol. The molecule has 0 aliphatic carbocycles. The molecule has 3 heterocycles. The van der Waals surface area contributed by atoms with Gasteiger partial charge in [0.05, 0.1) is 30.7 Å². The first-order valence-corrected chi connectivity index (χ1v) is 9.80. The number of amides is 1. The second-order valence-electron chi connectivity index (χ2n) is 6.21. The average molecular weight is 379 g/mol. The highest BCUT2D eigenvalue weighted by molar-refractivity contribution is 7.85. The van der Waals surface area contributed by atoms with Crippen LogP contribution in [0.5, 0.6) is 0 Å². The quantitative estimate of drug-likeness (QED) is 0.789. The number of ether oxygens (including phenoxy) is 1. The molecule has 1 atom stereocenters. The number of carbonyl (C=O) groups excluding carboxylic acids is 1. The molecule has 26 heavy (non-hydrogen) atoms. The molecule has 0 spiro atoms. The van der Waals surface area contributed by atoms with Gasteiger partial charge in [-0.05, 0) is 18.2 Å². The summed E-state index contributed by atoms with van der Waals surface area (Å²) in [4.78, 5) is 15.4. The number of nitrogens with zero attached hydrogens (tertiary/aromatic N) is 5. The topological polar surface area (TPSA) is 80.6 Å². The van der Waals surface area contributed by atoms with Crippen molar-refractivity contribution in [2.24, 2.45) is 0 Å². The lowest BCUT2D eigenvalue weighted by molar-refractivity contribution is 0.129. The minimum absolute atomic E-state index is 0.320. The zero-order chi connectivity index (χ0) is 18.1. The highest BCUT2D eigenvalue weighted by Crippen LogP contribution is 2.28. The van der Waals surface area contributed by atoms with E-state index in [1.54, 1.807) is 29.2 Å². The number of hydrogen-bond donors (Lipinski definition) is 0. The van der Waals surface area contributed by atoms with E-state index >= 15 is 0 Å². The Morgan fingerprint density at radius 2 is 2.12 bits per heavy atom. The molecule has 138 valence electrons. The molecule has 10 heteroatoms. The maximum Gasteiger partial charge on any atom is 0.414 e. The Hall–Kier alpha value is -2.49. The van der Waals surface area contributed by atoms with Crippen molar-refractivity contribution in [1.82, 2.24) is 15.0 Å². The number of carbonyl (C=O) groups is 1. The van der Waals surface area contributed by atoms with Gasteiger partial charge in [0.25, 0.3) is 0 Å². The van der Waals surface area contributed by atoms with E-state index in [-0.39, 0.29) is 6.10 Å². The van der Waals surface area contributed by atoms with E-state index in [9.17, 15) is 13.4 Å². The summed E-state index contributed by atoms with van der Waals surface area (Å²) in [5.41, 5.74) is 0.926. The standard InChI is InChI=1S/C16H18FN5O3S/c17-14-9-12(1-2-15(14)20-5-7-26(24)8-6-20)22-11-13(25-16(22)23)10-21-4-3-18-19-21/h1-4,9,13H,5-8,10-11H2. The van der Waals surface area contributed by atoms with Crippen LogP contribution < -0.4 is 9.80 Å². The van der Waals surface area contributed by atoms with Crippen LogP contribution in [0.2, 0.25) is 0 Å². The van der Waals surface area contributed by atoms with Crippen LogP contribution in [-0.4, -0.2) is 62.5 Å². The molecule has 4 rings (SSSR count). The summed E-state index contributed by atoms with van der Waals surface area (Å²) < 4.78 is 33.0. The SMILES string of the molecule is O=C1OC(Cn2ccnn2)CN1c1ccc(N2CCS(=O)CC2)c(F)c1. The molecule has 2 aliphatic rings. The van der Waals surface area contributed by atoms with Crippen LogP contribution in [0, 0.1) is 5.82 Å². The summed E-state index contributed by atoms with van der Waals surface area (Å²) in [7, 11) is -0.815. The number of cyclic esters (lactones) is 1. The molecule has 2 aromatic rings. The lowest BCUT2D eigenvalue weighted by Gasteiger charge is -2.29. The number of benzene rings is 1. The van der Waals surface area contributed by atoms with Crippen LogP contribution >= 0.6 is 0 Å². The molecule has 0 bridgehead atoms. The zero-order valence-corrected chi connectivity index (χ0v) is 14.8. The van der Waals surface area contributed by atoms with Gasteiger partial charge in [-0.1, -0.05) is 5.21 Å². The Labute approximate surface area is 152 Å². The van der Waals surface area contributed by atoms with Gasteiger partial charge in [-0.25, -0.2) is 13.9 Å². The van der Waals surface area contributed by atoms with Crippen molar-refractivity contribution in [3.63, 3.8) is 0 Å². The normalized spacial score (nSPS) is 21.3. The second-order valence-corrected chi connectivity index (χ2v) is 7.91. The molecule has 2 saturated heterocycles. The van der Waals surface area contributed by atoms with Crippen LogP contribution in [0.15, 0.2) is 30.6 Å². The van der Waals surface area contributed by atoms with E-state index in [0.717, 1.165) is 0 Å². The Kier molecular flexibility index (Phi) is 4.58. The molecule has 0 N–H and O–H groups in total. The van der Waals surface area contributed by atoms with Crippen molar-refractivity contribution < 1.29 is 18.1 Å². The van der Waals surface area contributed by atoms with Crippen molar-refractivity contribution in [2.75, 3.05) is 40.9 Å². The van der Waals surface area contributed by atoms with E-state index in [2.05, 4.69) is 10.3 Å². The van der Waals surface area contributed by atoms with Crippen molar-refractivity contribution in [3.8, 4) is 0 Å². The first-order valence-electron chi connectivity index (χ1n) is 8.32. The van der Waals surface area contributed by atoms with Crippen LogP contribution in [0.3, 0.4) is 0 Å². The first kappa shape index (κ1) is 17.0. The van der Waals surface area contributed by atoms with Crippen molar-refractivity contribution in [1.29, 1.82) is 0 Å². The molecule has 8 nitrogen and oxygen atoms in total. The fourth-order valence-electron chi connectivity index (χ4n) is 3.17. The summed E-state index contributed by atoms with van der Waals surface area (Å²) in [6.45, 7) is 1.84. The van der Waals surface area contributed by atoms with Crippen LogP contribution in [0.25, 0.3) is 0 Å². The summed E-state index contributed by atoms with van der Waals surface area (Å²) in [6, 6.07) is 4.72. The highest BCUT2D eigenvalue weighted by atomic mass is 32.2. The van der Waals surface area contributed by atoms with Crippen molar-refractivity contribution in [2.45, 2.75) is 12.6 Å². The molecule has 1 unspecified atom stereocenters. The number of aromatic nitrogens is 3. The molecular formula is C16H18FN5O3S. The Morgan fingerprint density at radius 3 is 2.81 bits per heavy atom. The third-order valence-corrected chi connectivity index (χ3v) is 5.77. The third kappa shape index (κ3) is 3.41. The Morgan fingerprint density at radius 1 is 1.31 bits per heavy atom. The minimum Gasteiger partial charge on any atom is -0.442 e. The Balaban J connectivity index is 1.47. The van der Waals surface area contributed by atoms with Gasteiger partial charge < -0.3 is 9.64 Å². The first-order chi connectivity index (χ1) is 12.6. The van der Waals surface area contributed by atoms with E-state index in [1.807, 2.05) is 4.90 Å². The smallest absolute Gasteiger partial charge is 0.414 e.